The molecule has 1 N–H and O–H groups in total. The summed E-state index contributed by atoms with van der Waals surface area (Å²) in [7, 11) is 1.93. The van der Waals surface area contributed by atoms with E-state index in [1.165, 1.54) is 5.56 Å². The molecule has 1 aromatic carbocycles. The Hall–Kier alpha value is -2.38. The van der Waals surface area contributed by atoms with Gasteiger partial charge in [0.05, 0.1) is 11.3 Å². The third-order valence-corrected chi connectivity index (χ3v) is 3.51. The van der Waals surface area contributed by atoms with Gasteiger partial charge in [-0.1, -0.05) is 19.1 Å². The molecule has 0 aliphatic carbocycles. The fourth-order valence-electron chi connectivity index (χ4n) is 2.30. The average molecular weight is 280 g/mol. The van der Waals surface area contributed by atoms with E-state index in [-0.39, 0.29) is 6.04 Å². The van der Waals surface area contributed by atoms with Crippen LogP contribution in [0.2, 0.25) is 0 Å². The first-order chi connectivity index (χ1) is 10.2. The summed E-state index contributed by atoms with van der Waals surface area (Å²) < 4.78 is 0. The fourth-order valence-corrected chi connectivity index (χ4v) is 2.30. The van der Waals surface area contributed by atoms with Crippen molar-refractivity contribution in [2.75, 3.05) is 18.5 Å². The van der Waals surface area contributed by atoms with E-state index in [1.807, 2.05) is 48.5 Å². The van der Waals surface area contributed by atoms with Gasteiger partial charge in [0.25, 0.3) is 0 Å². The minimum Gasteiger partial charge on any atom is -0.328 e. The molecular weight excluding hydrogens is 260 g/mol. The Labute approximate surface area is 126 Å². The highest BCUT2D eigenvalue weighted by Crippen LogP contribution is 2.26. The zero-order valence-electron chi connectivity index (χ0n) is 12.7. The minimum atomic E-state index is 0.274. The topological polar surface area (TPSA) is 52.0 Å². The van der Waals surface area contributed by atoms with Crippen LogP contribution in [0.5, 0.6) is 0 Å². The van der Waals surface area contributed by atoms with Crippen LogP contribution < -0.4 is 10.2 Å². The second-order valence-electron chi connectivity index (χ2n) is 4.91. The summed E-state index contributed by atoms with van der Waals surface area (Å²) in [6.07, 6.45) is 1.81. The molecule has 2 rings (SSSR count). The van der Waals surface area contributed by atoms with Crippen molar-refractivity contribution in [1.82, 2.24) is 10.3 Å². The van der Waals surface area contributed by atoms with Crippen molar-refractivity contribution in [2.45, 2.75) is 19.9 Å². The second kappa shape index (κ2) is 6.87. The van der Waals surface area contributed by atoms with Crippen molar-refractivity contribution < 1.29 is 0 Å². The first-order valence-electron chi connectivity index (χ1n) is 7.09. The lowest BCUT2D eigenvalue weighted by Crippen LogP contribution is -2.19. The van der Waals surface area contributed by atoms with Crippen molar-refractivity contribution in [1.29, 1.82) is 5.26 Å². The van der Waals surface area contributed by atoms with Crippen LogP contribution >= 0.6 is 0 Å². The minimum absolute atomic E-state index is 0.274. The smallest absolute Gasteiger partial charge is 0.133 e. The number of nitriles is 1. The largest absolute Gasteiger partial charge is 0.328 e. The van der Waals surface area contributed by atoms with E-state index in [1.54, 1.807) is 0 Å². The maximum absolute atomic E-state index is 9.22. The van der Waals surface area contributed by atoms with Crippen LogP contribution in [-0.2, 0) is 0 Å². The van der Waals surface area contributed by atoms with Gasteiger partial charge in [-0.15, -0.1) is 0 Å². The van der Waals surface area contributed by atoms with Gasteiger partial charge in [0.15, 0.2) is 0 Å². The predicted octanol–water partition coefficient (Wildman–Crippen LogP) is 3.39. The molecule has 4 heteroatoms. The maximum Gasteiger partial charge on any atom is 0.133 e. The van der Waals surface area contributed by atoms with Crippen LogP contribution in [0.3, 0.4) is 0 Å². The molecule has 0 spiro atoms. The lowest BCUT2D eigenvalue weighted by atomic mass is 10.1. The van der Waals surface area contributed by atoms with Gasteiger partial charge in [0.2, 0.25) is 0 Å². The quantitative estimate of drug-likeness (QED) is 0.912. The highest BCUT2D eigenvalue weighted by molar-refractivity contribution is 5.66. The third-order valence-electron chi connectivity index (χ3n) is 3.51. The average Bonchev–Trinajstić information content (AvgIpc) is 2.54. The summed E-state index contributed by atoms with van der Waals surface area (Å²) in [6, 6.07) is 14.1. The zero-order valence-corrected chi connectivity index (χ0v) is 12.7. The van der Waals surface area contributed by atoms with Gasteiger partial charge in [0, 0.05) is 19.3 Å². The molecule has 1 aromatic heterocycles. The summed E-state index contributed by atoms with van der Waals surface area (Å²) in [5.41, 5.74) is 2.69. The SMILES string of the molecule is CCNC(C)c1ccnc(N(C)c2ccccc2C#N)c1. The number of benzene rings is 1. The first-order valence-corrected chi connectivity index (χ1v) is 7.09. The van der Waals surface area contributed by atoms with E-state index >= 15 is 0 Å². The molecule has 0 saturated heterocycles. The summed E-state index contributed by atoms with van der Waals surface area (Å²) in [5.74, 6) is 0.833. The molecule has 0 aliphatic heterocycles. The summed E-state index contributed by atoms with van der Waals surface area (Å²) in [6.45, 7) is 5.14. The van der Waals surface area contributed by atoms with Crippen LogP contribution in [0, 0.1) is 11.3 Å². The van der Waals surface area contributed by atoms with E-state index in [0.717, 1.165) is 18.1 Å². The van der Waals surface area contributed by atoms with Crippen molar-refractivity contribution in [3.8, 4) is 6.07 Å². The van der Waals surface area contributed by atoms with Gasteiger partial charge in [0.1, 0.15) is 11.9 Å². The van der Waals surface area contributed by atoms with Crippen molar-refractivity contribution in [2.24, 2.45) is 0 Å². The molecule has 0 fully saturated rings. The Balaban J connectivity index is 2.34. The molecule has 1 heterocycles. The molecule has 0 radical (unpaired) electrons. The lowest BCUT2D eigenvalue weighted by molar-refractivity contribution is 0.597. The highest BCUT2D eigenvalue weighted by atomic mass is 15.2. The Morgan fingerprint density at radius 3 is 2.81 bits per heavy atom. The molecule has 108 valence electrons. The summed E-state index contributed by atoms with van der Waals surface area (Å²) in [5, 5.41) is 12.6. The van der Waals surface area contributed by atoms with E-state index in [0.29, 0.717) is 5.56 Å². The molecule has 1 unspecified atom stereocenters. The molecule has 0 bridgehead atoms. The van der Waals surface area contributed by atoms with Crippen LogP contribution in [0.15, 0.2) is 42.6 Å². The Morgan fingerprint density at radius 2 is 2.10 bits per heavy atom. The predicted molar refractivity (Wildman–Crippen MR) is 85.5 cm³/mol. The molecule has 2 aromatic rings. The number of hydrogen-bond donors (Lipinski definition) is 1. The molecule has 0 aliphatic rings. The van der Waals surface area contributed by atoms with E-state index in [4.69, 9.17) is 0 Å². The maximum atomic E-state index is 9.22. The van der Waals surface area contributed by atoms with E-state index in [2.05, 4.69) is 36.3 Å². The summed E-state index contributed by atoms with van der Waals surface area (Å²) in [4.78, 5) is 6.37. The van der Waals surface area contributed by atoms with Gasteiger partial charge in [-0.25, -0.2) is 4.98 Å². The van der Waals surface area contributed by atoms with Crippen LogP contribution in [0.25, 0.3) is 0 Å². The molecular formula is C17H20N4. The van der Waals surface area contributed by atoms with Gasteiger partial charge in [-0.2, -0.15) is 5.26 Å². The molecule has 0 amide bonds. The van der Waals surface area contributed by atoms with Crippen molar-refractivity contribution in [3.63, 3.8) is 0 Å². The standard InChI is InChI=1S/C17H20N4/c1-4-19-13(2)14-9-10-20-17(11-14)21(3)16-8-6-5-7-15(16)12-18/h5-11,13,19H,4H2,1-3H3. The second-order valence-corrected chi connectivity index (χ2v) is 4.91. The zero-order chi connectivity index (χ0) is 15.2. The van der Waals surface area contributed by atoms with Crippen LogP contribution in [0.1, 0.15) is 31.0 Å². The molecule has 4 nitrogen and oxygen atoms in total. The van der Waals surface area contributed by atoms with Gasteiger partial charge in [-0.3, -0.25) is 0 Å². The fraction of sp³-hybridized carbons (Fsp3) is 0.294. The third kappa shape index (κ3) is 3.39. The Kier molecular flexibility index (Phi) is 4.91. The number of aromatic nitrogens is 1. The highest BCUT2D eigenvalue weighted by Gasteiger charge is 2.12. The number of pyridine rings is 1. The number of rotatable bonds is 5. The Morgan fingerprint density at radius 1 is 1.33 bits per heavy atom. The van der Waals surface area contributed by atoms with Crippen LogP contribution in [-0.4, -0.2) is 18.6 Å². The number of para-hydroxylation sites is 1. The van der Waals surface area contributed by atoms with Crippen molar-refractivity contribution >= 4 is 11.5 Å². The van der Waals surface area contributed by atoms with Gasteiger partial charge >= 0.3 is 0 Å². The molecule has 21 heavy (non-hydrogen) atoms. The molecule has 1 atom stereocenters. The first kappa shape index (κ1) is 15.0. The number of nitrogens with zero attached hydrogens (tertiary/aromatic N) is 3. The van der Waals surface area contributed by atoms with Gasteiger partial charge in [-0.05, 0) is 43.3 Å². The lowest BCUT2D eigenvalue weighted by Gasteiger charge is -2.21. The van der Waals surface area contributed by atoms with E-state index in [9.17, 15) is 5.26 Å². The normalized spacial score (nSPS) is 11.7. The summed E-state index contributed by atoms with van der Waals surface area (Å²) >= 11 is 0. The number of anilines is 2. The Bertz CT molecular complexity index is 645. The number of nitrogens with one attached hydrogen (secondary N) is 1. The monoisotopic (exact) mass is 280 g/mol. The van der Waals surface area contributed by atoms with Crippen LogP contribution in [0.4, 0.5) is 11.5 Å². The molecule has 0 saturated carbocycles. The van der Waals surface area contributed by atoms with Crippen molar-refractivity contribution in [3.05, 3.63) is 53.7 Å². The van der Waals surface area contributed by atoms with E-state index < -0.39 is 0 Å². The number of hydrogen-bond acceptors (Lipinski definition) is 4. The van der Waals surface area contributed by atoms with Gasteiger partial charge < -0.3 is 10.2 Å².